The summed E-state index contributed by atoms with van der Waals surface area (Å²) in [5, 5.41) is 21.0. The molecule has 1 aliphatic carbocycles. The number of benzene rings is 1. The van der Waals surface area contributed by atoms with Crippen molar-refractivity contribution in [3.8, 4) is 0 Å². The minimum Gasteiger partial charge on any atom is -0.393 e. The van der Waals surface area contributed by atoms with Gasteiger partial charge < -0.3 is 15.7 Å². The number of aliphatic hydroxyl groups is 1. The molecule has 0 spiro atoms. The largest absolute Gasteiger partial charge is 0.393 e. The van der Waals surface area contributed by atoms with Crippen LogP contribution in [0.2, 0.25) is 0 Å². The number of aliphatic hydroxyl groups excluding tert-OH is 1. The number of fused-ring (bicyclic) bond motifs is 1. The molecule has 0 saturated heterocycles. The van der Waals surface area contributed by atoms with E-state index in [2.05, 4.69) is 25.7 Å². The number of aryl methyl sites for hydroxylation is 1. The summed E-state index contributed by atoms with van der Waals surface area (Å²) in [5.41, 5.74) is 2.11. The summed E-state index contributed by atoms with van der Waals surface area (Å²) in [5.74, 6) is 0.341. The van der Waals surface area contributed by atoms with Crippen molar-refractivity contribution < 1.29 is 9.90 Å². The molecule has 1 saturated carbocycles. The number of hydrogen-bond acceptors (Lipinski definition) is 6. The SMILES string of the molecule is CCn1cc(CNC(=O)c2cccc3cnc(NC4CCC(O)CC4)nc23)cn1. The van der Waals surface area contributed by atoms with E-state index >= 15 is 0 Å². The van der Waals surface area contributed by atoms with Gasteiger partial charge in [0.25, 0.3) is 5.91 Å². The number of hydrogen-bond donors (Lipinski definition) is 3. The first kappa shape index (κ1) is 19.3. The van der Waals surface area contributed by atoms with Crippen LogP contribution in [-0.4, -0.2) is 42.9 Å². The van der Waals surface area contributed by atoms with Gasteiger partial charge in [0.15, 0.2) is 0 Å². The number of nitrogens with one attached hydrogen (secondary N) is 2. The monoisotopic (exact) mass is 394 g/mol. The molecule has 1 amide bonds. The van der Waals surface area contributed by atoms with Crippen LogP contribution in [-0.2, 0) is 13.1 Å². The van der Waals surface area contributed by atoms with Gasteiger partial charge in [0.2, 0.25) is 5.95 Å². The predicted molar refractivity (Wildman–Crippen MR) is 110 cm³/mol. The Labute approximate surface area is 169 Å². The highest BCUT2D eigenvalue weighted by Gasteiger charge is 2.20. The van der Waals surface area contributed by atoms with Crippen molar-refractivity contribution in [2.24, 2.45) is 0 Å². The van der Waals surface area contributed by atoms with Gasteiger partial charge in [-0.25, -0.2) is 9.97 Å². The molecule has 4 rings (SSSR count). The van der Waals surface area contributed by atoms with E-state index in [4.69, 9.17) is 0 Å². The molecule has 0 atom stereocenters. The maximum Gasteiger partial charge on any atom is 0.253 e. The molecule has 29 heavy (non-hydrogen) atoms. The molecule has 3 aromatic rings. The number of para-hydroxylation sites is 1. The van der Waals surface area contributed by atoms with Gasteiger partial charge >= 0.3 is 0 Å². The Morgan fingerprint density at radius 2 is 2.07 bits per heavy atom. The molecule has 8 heteroatoms. The van der Waals surface area contributed by atoms with E-state index in [1.807, 2.05) is 29.9 Å². The Balaban J connectivity index is 1.49. The lowest BCUT2D eigenvalue weighted by Crippen LogP contribution is -2.29. The van der Waals surface area contributed by atoms with Crippen LogP contribution in [0.4, 0.5) is 5.95 Å². The van der Waals surface area contributed by atoms with Gasteiger partial charge in [-0.2, -0.15) is 5.10 Å². The van der Waals surface area contributed by atoms with Gasteiger partial charge in [0.1, 0.15) is 0 Å². The zero-order valence-corrected chi connectivity index (χ0v) is 16.5. The zero-order valence-electron chi connectivity index (χ0n) is 16.5. The summed E-state index contributed by atoms with van der Waals surface area (Å²) in [4.78, 5) is 21.8. The van der Waals surface area contributed by atoms with E-state index in [1.54, 1.807) is 18.5 Å². The molecular formula is C21H26N6O2. The molecule has 2 heterocycles. The fourth-order valence-corrected chi connectivity index (χ4v) is 3.66. The standard InChI is InChI=1S/C21H26N6O2/c1-2-27-13-14(11-24-27)10-22-20(29)18-5-3-4-15-12-23-21(26-19(15)18)25-16-6-8-17(28)9-7-16/h3-5,11-13,16-17,28H,2,6-10H2,1H3,(H,22,29)(H,23,25,26). The number of rotatable bonds is 6. The highest BCUT2D eigenvalue weighted by molar-refractivity contribution is 6.05. The molecule has 152 valence electrons. The lowest BCUT2D eigenvalue weighted by Gasteiger charge is -2.26. The van der Waals surface area contributed by atoms with Crippen LogP contribution in [0, 0.1) is 0 Å². The van der Waals surface area contributed by atoms with E-state index in [-0.39, 0.29) is 18.1 Å². The van der Waals surface area contributed by atoms with Crippen molar-refractivity contribution in [1.82, 2.24) is 25.1 Å². The molecular weight excluding hydrogens is 368 g/mol. The maximum absolute atomic E-state index is 12.8. The van der Waals surface area contributed by atoms with Gasteiger partial charge in [-0.15, -0.1) is 0 Å². The first-order chi connectivity index (χ1) is 14.1. The summed E-state index contributed by atoms with van der Waals surface area (Å²) >= 11 is 0. The molecule has 1 aromatic carbocycles. The lowest BCUT2D eigenvalue weighted by atomic mass is 9.93. The lowest BCUT2D eigenvalue weighted by molar-refractivity contribution is 0.0952. The second-order valence-electron chi connectivity index (χ2n) is 7.47. The van der Waals surface area contributed by atoms with E-state index in [9.17, 15) is 9.90 Å². The zero-order chi connectivity index (χ0) is 20.2. The van der Waals surface area contributed by atoms with Crippen LogP contribution in [0.5, 0.6) is 0 Å². The van der Waals surface area contributed by atoms with Crippen LogP contribution in [0.15, 0.2) is 36.8 Å². The molecule has 0 bridgehead atoms. The average Bonchev–Trinajstić information content (AvgIpc) is 3.21. The molecule has 3 N–H and O–H groups in total. The minimum atomic E-state index is -0.203. The van der Waals surface area contributed by atoms with Crippen molar-refractivity contribution in [2.45, 2.75) is 57.8 Å². The third-order valence-electron chi connectivity index (χ3n) is 5.35. The first-order valence-electron chi connectivity index (χ1n) is 10.1. The fourth-order valence-electron chi connectivity index (χ4n) is 3.66. The summed E-state index contributed by atoms with van der Waals surface area (Å²) in [6.45, 7) is 3.23. The maximum atomic E-state index is 12.8. The Morgan fingerprint density at radius 3 is 2.83 bits per heavy atom. The molecule has 0 aliphatic heterocycles. The quantitative estimate of drug-likeness (QED) is 0.593. The molecule has 2 aromatic heterocycles. The van der Waals surface area contributed by atoms with Gasteiger partial charge in [0, 0.05) is 42.5 Å². The third-order valence-corrected chi connectivity index (χ3v) is 5.35. The van der Waals surface area contributed by atoms with E-state index in [0.29, 0.717) is 23.6 Å². The molecule has 1 aliphatic rings. The third kappa shape index (κ3) is 4.54. The van der Waals surface area contributed by atoms with Crippen LogP contribution >= 0.6 is 0 Å². The number of nitrogens with zero attached hydrogens (tertiary/aromatic N) is 4. The van der Waals surface area contributed by atoms with Crippen LogP contribution < -0.4 is 10.6 Å². The number of carbonyl (C=O) groups excluding carboxylic acids is 1. The number of anilines is 1. The van der Waals surface area contributed by atoms with Crippen LogP contribution in [0.25, 0.3) is 10.9 Å². The minimum absolute atomic E-state index is 0.176. The molecule has 0 radical (unpaired) electrons. The van der Waals surface area contributed by atoms with E-state index in [1.165, 1.54) is 0 Å². The smallest absolute Gasteiger partial charge is 0.253 e. The number of aromatic nitrogens is 4. The van der Waals surface area contributed by atoms with Gasteiger partial charge in [-0.3, -0.25) is 9.48 Å². The fraction of sp³-hybridized carbons (Fsp3) is 0.429. The Hall–Kier alpha value is -3.00. The average molecular weight is 394 g/mol. The van der Waals surface area contributed by atoms with Crippen molar-refractivity contribution >= 4 is 22.8 Å². The molecule has 8 nitrogen and oxygen atoms in total. The molecule has 0 unspecified atom stereocenters. The van der Waals surface area contributed by atoms with Crippen molar-refractivity contribution in [1.29, 1.82) is 0 Å². The number of carbonyl (C=O) groups is 1. The van der Waals surface area contributed by atoms with Gasteiger partial charge in [-0.1, -0.05) is 12.1 Å². The van der Waals surface area contributed by atoms with Gasteiger partial charge in [0.05, 0.1) is 23.4 Å². The summed E-state index contributed by atoms with van der Waals surface area (Å²) in [6.07, 6.45) is 8.57. The predicted octanol–water partition coefficient (Wildman–Crippen LogP) is 2.49. The Morgan fingerprint density at radius 1 is 1.24 bits per heavy atom. The van der Waals surface area contributed by atoms with Crippen molar-refractivity contribution in [2.75, 3.05) is 5.32 Å². The van der Waals surface area contributed by atoms with Gasteiger partial charge in [-0.05, 0) is 38.7 Å². The second-order valence-corrected chi connectivity index (χ2v) is 7.47. The Kier molecular flexibility index (Phi) is 5.71. The molecule has 1 fully saturated rings. The Bertz CT molecular complexity index is 994. The first-order valence-corrected chi connectivity index (χ1v) is 10.1. The highest BCUT2D eigenvalue weighted by atomic mass is 16.3. The highest BCUT2D eigenvalue weighted by Crippen LogP contribution is 2.23. The topological polar surface area (TPSA) is 105 Å². The normalized spacial score (nSPS) is 19.2. The summed E-state index contributed by atoms with van der Waals surface area (Å²) in [7, 11) is 0. The summed E-state index contributed by atoms with van der Waals surface area (Å²) < 4.78 is 1.83. The number of amides is 1. The van der Waals surface area contributed by atoms with Crippen molar-refractivity contribution in [3.05, 3.63) is 47.9 Å². The summed E-state index contributed by atoms with van der Waals surface area (Å²) in [6, 6.07) is 5.76. The van der Waals surface area contributed by atoms with E-state index in [0.717, 1.165) is 43.2 Å². The van der Waals surface area contributed by atoms with Crippen LogP contribution in [0.3, 0.4) is 0 Å². The van der Waals surface area contributed by atoms with Crippen molar-refractivity contribution in [3.63, 3.8) is 0 Å². The van der Waals surface area contributed by atoms with Crippen LogP contribution in [0.1, 0.15) is 48.5 Å². The second kappa shape index (κ2) is 8.57. The van der Waals surface area contributed by atoms with E-state index < -0.39 is 0 Å².